The normalized spacial score (nSPS) is 21.5. The zero-order valence-corrected chi connectivity index (χ0v) is 17.2. The van der Waals surface area contributed by atoms with Gasteiger partial charge in [0.15, 0.2) is 0 Å². The highest BCUT2D eigenvalue weighted by molar-refractivity contribution is 5.71. The summed E-state index contributed by atoms with van der Waals surface area (Å²) in [5.41, 5.74) is 8.45. The van der Waals surface area contributed by atoms with Gasteiger partial charge in [0.05, 0.1) is 5.69 Å². The Kier molecular flexibility index (Phi) is 5.31. The summed E-state index contributed by atoms with van der Waals surface area (Å²) in [7, 11) is 0. The number of benzene rings is 2. The largest absolute Gasteiger partial charge is 0.383 e. The average Bonchev–Trinajstić information content (AvgIpc) is 2.76. The van der Waals surface area contributed by atoms with Crippen molar-refractivity contribution in [3.05, 3.63) is 89.0 Å². The number of nitrogen functional groups attached to an aromatic ring is 1. The van der Waals surface area contributed by atoms with E-state index in [2.05, 4.69) is 18.5 Å². The third-order valence-corrected chi connectivity index (χ3v) is 6.24. The van der Waals surface area contributed by atoms with E-state index >= 15 is 0 Å². The van der Waals surface area contributed by atoms with Crippen LogP contribution in [0.15, 0.2) is 77.7 Å². The molecule has 0 radical (unpaired) electrons. The van der Waals surface area contributed by atoms with Gasteiger partial charge in [0.25, 0.3) is 0 Å². The van der Waals surface area contributed by atoms with Crippen LogP contribution >= 0.6 is 0 Å². The highest BCUT2D eigenvalue weighted by Gasteiger charge is 2.39. The second-order valence-electron chi connectivity index (χ2n) is 8.08. The van der Waals surface area contributed by atoms with Crippen molar-refractivity contribution in [3.8, 4) is 16.8 Å². The zero-order chi connectivity index (χ0) is 21.3. The summed E-state index contributed by atoms with van der Waals surface area (Å²) in [6.45, 7) is 6.44. The molecule has 1 fully saturated rings. The van der Waals surface area contributed by atoms with E-state index in [4.69, 9.17) is 5.73 Å². The Morgan fingerprint density at radius 1 is 1.23 bits per heavy atom. The summed E-state index contributed by atoms with van der Waals surface area (Å²) in [5.74, 6) is 0.777. The van der Waals surface area contributed by atoms with E-state index in [0.717, 1.165) is 41.5 Å². The summed E-state index contributed by atoms with van der Waals surface area (Å²) >= 11 is 0. The van der Waals surface area contributed by atoms with Gasteiger partial charge in [-0.3, -0.25) is 4.57 Å². The highest BCUT2D eigenvalue weighted by Crippen LogP contribution is 2.46. The van der Waals surface area contributed by atoms with Gasteiger partial charge in [-0.1, -0.05) is 56.3 Å². The average molecular weight is 402 g/mol. The number of nitrogens with zero attached hydrogens (tertiary/aromatic N) is 2. The van der Waals surface area contributed by atoms with E-state index in [-0.39, 0.29) is 5.82 Å². The molecule has 0 aliphatic heterocycles. The first kappa shape index (κ1) is 20.1. The van der Waals surface area contributed by atoms with Crippen molar-refractivity contribution in [1.82, 2.24) is 9.55 Å². The van der Waals surface area contributed by atoms with E-state index in [1.807, 2.05) is 48.5 Å². The Balaban J connectivity index is 1.78. The first-order chi connectivity index (χ1) is 14.4. The predicted octanol–water partition coefficient (Wildman–Crippen LogP) is 4.44. The van der Waals surface area contributed by atoms with Gasteiger partial charge in [0.2, 0.25) is 0 Å². The van der Waals surface area contributed by atoms with Crippen LogP contribution in [0.5, 0.6) is 0 Å². The Morgan fingerprint density at radius 2 is 2.03 bits per heavy atom. The molecule has 1 saturated carbocycles. The van der Waals surface area contributed by atoms with E-state index in [1.165, 1.54) is 4.57 Å². The fourth-order valence-electron chi connectivity index (χ4n) is 4.41. The number of hydrogen-bond donors (Lipinski definition) is 2. The lowest BCUT2D eigenvalue weighted by Gasteiger charge is -2.39. The molecular formula is C25H27N3O2. The molecule has 1 aliphatic rings. The van der Waals surface area contributed by atoms with E-state index < -0.39 is 11.3 Å². The van der Waals surface area contributed by atoms with Crippen LogP contribution in [0.3, 0.4) is 0 Å². The van der Waals surface area contributed by atoms with Crippen molar-refractivity contribution in [2.75, 3.05) is 5.73 Å². The fourth-order valence-corrected chi connectivity index (χ4v) is 4.41. The number of anilines is 1. The minimum Gasteiger partial charge on any atom is -0.383 e. The molecule has 0 bridgehead atoms. The lowest BCUT2D eigenvalue weighted by Crippen LogP contribution is -2.34. The molecule has 0 spiro atoms. The van der Waals surface area contributed by atoms with Crippen molar-refractivity contribution in [2.45, 2.75) is 38.2 Å². The minimum atomic E-state index is -1.04. The molecule has 0 saturated heterocycles. The van der Waals surface area contributed by atoms with Crippen LogP contribution in [0.4, 0.5) is 5.82 Å². The third kappa shape index (κ3) is 3.57. The minimum absolute atomic E-state index is 0.196. The van der Waals surface area contributed by atoms with Crippen LogP contribution in [0, 0.1) is 5.92 Å². The molecule has 2 unspecified atom stereocenters. The van der Waals surface area contributed by atoms with E-state index in [9.17, 15) is 9.90 Å². The summed E-state index contributed by atoms with van der Waals surface area (Å²) in [6, 6.07) is 17.2. The van der Waals surface area contributed by atoms with Crippen molar-refractivity contribution in [3.63, 3.8) is 0 Å². The molecule has 30 heavy (non-hydrogen) atoms. The van der Waals surface area contributed by atoms with Gasteiger partial charge >= 0.3 is 5.69 Å². The van der Waals surface area contributed by atoms with Gasteiger partial charge < -0.3 is 10.8 Å². The standard InChI is InChI=1S/C25H27N3O2/c1-3-18-11-13-25(30,17(2)15-18)22-10-5-4-9-21(22)19-7-6-8-20(16-19)28-14-12-23(26)27-24(28)29/h4-10,12,14,16,18,30H,2-3,11,13,15H2,1H3,(H2,26,27,29). The molecule has 1 aromatic heterocycles. The van der Waals surface area contributed by atoms with Gasteiger partial charge in [0.1, 0.15) is 11.4 Å². The lowest BCUT2D eigenvalue weighted by atomic mass is 9.70. The quantitative estimate of drug-likeness (QED) is 0.634. The van der Waals surface area contributed by atoms with Gasteiger partial charge in [-0.15, -0.1) is 0 Å². The molecule has 5 heteroatoms. The maximum Gasteiger partial charge on any atom is 0.354 e. The number of aliphatic hydroxyl groups is 1. The summed E-state index contributed by atoms with van der Waals surface area (Å²) in [6.07, 6.45) is 5.21. The highest BCUT2D eigenvalue weighted by atomic mass is 16.3. The first-order valence-electron chi connectivity index (χ1n) is 10.4. The molecule has 2 aromatic carbocycles. The molecule has 3 N–H and O–H groups in total. The molecule has 5 nitrogen and oxygen atoms in total. The van der Waals surface area contributed by atoms with Crippen molar-refractivity contribution in [1.29, 1.82) is 0 Å². The maximum absolute atomic E-state index is 12.3. The summed E-state index contributed by atoms with van der Waals surface area (Å²) in [4.78, 5) is 16.1. The van der Waals surface area contributed by atoms with Crippen LogP contribution in [-0.2, 0) is 5.60 Å². The Labute approximate surface area is 176 Å². The molecule has 2 atom stereocenters. The van der Waals surface area contributed by atoms with Crippen LogP contribution in [0.1, 0.15) is 38.2 Å². The van der Waals surface area contributed by atoms with Gasteiger partial charge in [-0.05, 0) is 65.6 Å². The Hall–Kier alpha value is -3.18. The van der Waals surface area contributed by atoms with E-state index in [1.54, 1.807) is 12.3 Å². The van der Waals surface area contributed by atoms with Gasteiger partial charge in [-0.25, -0.2) is 4.79 Å². The van der Waals surface area contributed by atoms with Crippen molar-refractivity contribution in [2.24, 2.45) is 5.92 Å². The van der Waals surface area contributed by atoms with Crippen molar-refractivity contribution >= 4 is 5.82 Å². The van der Waals surface area contributed by atoms with E-state index in [0.29, 0.717) is 18.0 Å². The number of rotatable bonds is 4. The molecule has 1 aliphatic carbocycles. The number of hydrogen-bond acceptors (Lipinski definition) is 4. The number of nitrogens with two attached hydrogens (primary N) is 1. The van der Waals surface area contributed by atoms with Crippen LogP contribution < -0.4 is 11.4 Å². The van der Waals surface area contributed by atoms with Crippen LogP contribution in [0.2, 0.25) is 0 Å². The summed E-state index contributed by atoms with van der Waals surface area (Å²) < 4.78 is 1.46. The molecular weight excluding hydrogens is 374 g/mol. The van der Waals surface area contributed by atoms with Crippen molar-refractivity contribution < 1.29 is 5.11 Å². The summed E-state index contributed by atoms with van der Waals surface area (Å²) in [5, 5.41) is 11.6. The van der Waals surface area contributed by atoms with Crippen LogP contribution in [-0.4, -0.2) is 14.7 Å². The SMILES string of the molecule is C=C1CC(CC)CCC1(O)c1ccccc1-c1cccc(-n2ccc(N)nc2=O)c1. The second-order valence-corrected chi connectivity index (χ2v) is 8.08. The molecule has 0 amide bonds. The molecule has 4 rings (SSSR count). The molecule has 1 heterocycles. The predicted molar refractivity (Wildman–Crippen MR) is 120 cm³/mol. The maximum atomic E-state index is 12.3. The molecule has 154 valence electrons. The van der Waals surface area contributed by atoms with Gasteiger partial charge in [0, 0.05) is 6.20 Å². The molecule has 3 aromatic rings. The monoisotopic (exact) mass is 401 g/mol. The topological polar surface area (TPSA) is 81.1 Å². The second kappa shape index (κ2) is 7.92. The lowest BCUT2D eigenvalue weighted by molar-refractivity contribution is 0.0373. The first-order valence-corrected chi connectivity index (χ1v) is 10.4. The van der Waals surface area contributed by atoms with Crippen LogP contribution in [0.25, 0.3) is 16.8 Å². The van der Waals surface area contributed by atoms with Gasteiger partial charge in [-0.2, -0.15) is 4.98 Å². The fraction of sp³-hybridized carbons (Fsp3) is 0.280. The zero-order valence-electron chi connectivity index (χ0n) is 17.2. The third-order valence-electron chi connectivity index (χ3n) is 6.24. The number of aromatic nitrogens is 2. The Morgan fingerprint density at radius 3 is 2.77 bits per heavy atom. The smallest absolute Gasteiger partial charge is 0.354 e. The Bertz CT molecular complexity index is 1150.